The molecule has 2 amide bonds. The number of hydrogen-bond acceptors (Lipinski definition) is 7. The third-order valence-electron chi connectivity index (χ3n) is 4.94. The summed E-state index contributed by atoms with van der Waals surface area (Å²) in [4.78, 5) is 31.1. The van der Waals surface area contributed by atoms with Crippen LogP contribution in [-0.2, 0) is 20.7 Å². The van der Waals surface area contributed by atoms with Crippen molar-refractivity contribution in [2.45, 2.75) is 31.7 Å². The van der Waals surface area contributed by atoms with E-state index in [4.69, 9.17) is 14.0 Å². The Morgan fingerprint density at radius 1 is 1.34 bits per heavy atom. The summed E-state index contributed by atoms with van der Waals surface area (Å²) in [5.41, 5.74) is 0.879. The topological polar surface area (TPSA) is 107 Å². The number of carbonyl (C=O) groups excluding carboxylic acids is 2. The van der Waals surface area contributed by atoms with Gasteiger partial charge in [0.2, 0.25) is 17.7 Å². The molecule has 1 fully saturated rings. The van der Waals surface area contributed by atoms with Gasteiger partial charge in [0.1, 0.15) is 12.4 Å². The Balaban J connectivity index is 1.71. The van der Waals surface area contributed by atoms with E-state index >= 15 is 0 Å². The van der Waals surface area contributed by atoms with E-state index in [2.05, 4.69) is 15.5 Å². The van der Waals surface area contributed by atoms with Crippen molar-refractivity contribution in [1.29, 1.82) is 0 Å². The van der Waals surface area contributed by atoms with Gasteiger partial charge in [0.25, 0.3) is 0 Å². The quantitative estimate of drug-likeness (QED) is 0.738. The van der Waals surface area contributed by atoms with Crippen LogP contribution in [0.3, 0.4) is 0 Å². The van der Waals surface area contributed by atoms with E-state index in [-0.39, 0.29) is 36.8 Å². The third-order valence-corrected chi connectivity index (χ3v) is 4.94. The van der Waals surface area contributed by atoms with Crippen LogP contribution >= 0.6 is 0 Å². The number of rotatable bonds is 7. The molecule has 0 unspecified atom stereocenters. The van der Waals surface area contributed by atoms with Crippen LogP contribution in [0.25, 0.3) is 0 Å². The number of hydrogen-bond donors (Lipinski definition) is 1. The van der Waals surface area contributed by atoms with E-state index < -0.39 is 0 Å². The van der Waals surface area contributed by atoms with Crippen molar-refractivity contribution in [2.75, 3.05) is 33.9 Å². The second kappa shape index (κ2) is 9.51. The van der Waals surface area contributed by atoms with Gasteiger partial charge in [-0.15, -0.1) is 0 Å². The van der Waals surface area contributed by atoms with Crippen molar-refractivity contribution in [1.82, 2.24) is 20.4 Å². The first-order valence-electron chi connectivity index (χ1n) is 9.49. The minimum Gasteiger partial charge on any atom is -0.497 e. The van der Waals surface area contributed by atoms with Gasteiger partial charge in [-0.2, -0.15) is 4.98 Å². The Labute approximate surface area is 169 Å². The van der Waals surface area contributed by atoms with E-state index in [0.29, 0.717) is 37.0 Å². The highest BCUT2D eigenvalue weighted by Gasteiger charge is 2.36. The highest BCUT2D eigenvalue weighted by molar-refractivity contribution is 5.80. The van der Waals surface area contributed by atoms with E-state index in [1.54, 1.807) is 18.9 Å². The Kier molecular flexibility index (Phi) is 6.82. The van der Waals surface area contributed by atoms with Crippen LogP contribution in [0, 0.1) is 6.92 Å². The number of ether oxygens (including phenoxy) is 2. The lowest BCUT2D eigenvalue weighted by atomic mass is 9.90. The van der Waals surface area contributed by atoms with E-state index in [0.717, 1.165) is 5.56 Å². The number of nitrogens with one attached hydrogen (secondary N) is 1. The second-order valence-corrected chi connectivity index (χ2v) is 7.05. The maximum atomic E-state index is 12.9. The summed E-state index contributed by atoms with van der Waals surface area (Å²) >= 11 is 0. The fourth-order valence-corrected chi connectivity index (χ4v) is 3.53. The molecule has 1 aromatic carbocycles. The van der Waals surface area contributed by atoms with Gasteiger partial charge in [0, 0.05) is 20.2 Å². The normalized spacial score (nSPS) is 19.1. The SMILES string of the molecule is COCC(=O)N[C@@H]1CN(C(=O)Cc2cccc(OC)c2)CC[C@@H]1c1nc(C)no1. The van der Waals surface area contributed by atoms with Crippen molar-refractivity contribution in [3.05, 3.63) is 41.5 Å². The summed E-state index contributed by atoms with van der Waals surface area (Å²) in [7, 11) is 3.06. The van der Waals surface area contributed by atoms with Gasteiger partial charge >= 0.3 is 0 Å². The molecule has 0 bridgehead atoms. The summed E-state index contributed by atoms with van der Waals surface area (Å²) in [6.45, 7) is 2.61. The molecule has 9 heteroatoms. The van der Waals surface area contributed by atoms with Crippen LogP contribution in [0.2, 0.25) is 0 Å². The van der Waals surface area contributed by atoms with Crippen LogP contribution in [-0.4, -0.2) is 66.8 Å². The number of aromatic nitrogens is 2. The van der Waals surface area contributed by atoms with E-state index in [9.17, 15) is 9.59 Å². The lowest BCUT2D eigenvalue weighted by Gasteiger charge is -2.37. The zero-order chi connectivity index (χ0) is 20.8. The fraction of sp³-hybridized carbons (Fsp3) is 0.500. The average Bonchev–Trinajstić information content (AvgIpc) is 3.14. The molecule has 3 rings (SSSR count). The van der Waals surface area contributed by atoms with Gasteiger partial charge in [-0.05, 0) is 31.0 Å². The number of amides is 2. The maximum Gasteiger partial charge on any atom is 0.246 e. The fourth-order valence-electron chi connectivity index (χ4n) is 3.53. The van der Waals surface area contributed by atoms with Crippen LogP contribution in [0.5, 0.6) is 5.75 Å². The predicted molar refractivity (Wildman–Crippen MR) is 103 cm³/mol. The summed E-state index contributed by atoms with van der Waals surface area (Å²) in [5.74, 6) is 1.32. The molecule has 1 saturated heterocycles. The number of nitrogens with zero attached hydrogens (tertiary/aromatic N) is 3. The standard InChI is InChI=1S/C20H26N4O5/c1-13-21-20(29-23-13)16-7-8-24(11-17(16)22-18(25)12-27-2)19(26)10-14-5-4-6-15(9-14)28-3/h4-6,9,16-17H,7-8,10-12H2,1-3H3,(H,22,25)/t16-,17+/m0/s1. The summed E-state index contributed by atoms with van der Waals surface area (Å²) in [5, 5.41) is 6.79. The van der Waals surface area contributed by atoms with Crippen molar-refractivity contribution < 1.29 is 23.6 Å². The number of methoxy groups -OCH3 is 2. The first kappa shape index (κ1) is 20.8. The maximum absolute atomic E-state index is 12.9. The summed E-state index contributed by atoms with van der Waals surface area (Å²) in [6, 6.07) is 7.11. The van der Waals surface area contributed by atoms with Gasteiger partial charge in [-0.25, -0.2) is 0 Å². The number of piperidine rings is 1. The van der Waals surface area contributed by atoms with Crippen LogP contribution in [0.15, 0.2) is 28.8 Å². The van der Waals surface area contributed by atoms with Crippen molar-refractivity contribution >= 4 is 11.8 Å². The predicted octanol–water partition coefficient (Wildman–Crippen LogP) is 1.08. The lowest BCUT2D eigenvalue weighted by Crippen LogP contribution is -2.54. The van der Waals surface area contributed by atoms with Gasteiger partial charge in [-0.1, -0.05) is 17.3 Å². The molecular formula is C20H26N4O5. The zero-order valence-electron chi connectivity index (χ0n) is 16.9. The minimum absolute atomic E-state index is 0.00981. The zero-order valence-corrected chi connectivity index (χ0v) is 16.9. The number of carbonyl (C=O) groups is 2. The number of benzene rings is 1. The van der Waals surface area contributed by atoms with Crippen molar-refractivity contribution in [3.8, 4) is 5.75 Å². The molecule has 2 aromatic rings. The second-order valence-electron chi connectivity index (χ2n) is 7.05. The molecule has 0 saturated carbocycles. The van der Waals surface area contributed by atoms with Crippen LogP contribution in [0.4, 0.5) is 0 Å². The van der Waals surface area contributed by atoms with Gasteiger partial charge < -0.3 is 24.2 Å². The van der Waals surface area contributed by atoms with Crippen molar-refractivity contribution in [3.63, 3.8) is 0 Å². The molecule has 2 atom stereocenters. The Hall–Kier alpha value is -2.94. The largest absolute Gasteiger partial charge is 0.497 e. The van der Waals surface area contributed by atoms with Gasteiger partial charge in [0.15, 0.2) is 5.82 Å². The molecule has 156 valence electrons. The molecule has 1 aliphatic heterocycles. The van der Waals surface area contributed by atoms with Crippen LogP contribution < -0.4 is 10.1 Å². The lowest BCUT2D eigenvalue weighted by molar-refractivity contribution is -0.134. The highest BCUT2D eigenvalue weighted by atomic mass is 16.5. The van der Waals surface area contributed by atoms with Gasteiger partial charge in [0.05, 0.1) is 25.5 Å². The Bertz CT molecular complexity index is 853. The molecule has 0 aliphatic carbocycles. The van der Waals surface area contributed by atoms with Crippen molar-refractivity contribution in [2.24, 2.45) is 0 Å². The Morgan fingerprint density at radius 3 is 2.86 bits per heavy atom. The molecule has 9 nitrogen and oxygen atoms in total. The number of likely N-dealkylation sites (tertiary alicyclic amines) is 1. The smallest absolute Gasteiger partial charge is 0.246 e. The average molecular weight is 402 g/mol. The highest BCUT2D eigenvalue weighted by Crippen LogP contribution is 2.28. The molecular weight excluding hydrogens is 376 g/mol. The molecule has 29 heavy (non-hydrogen) atoms. The number of aryl methyl sites for hydroxylation is 1. The Morgan fingerprint density at radius 2 is 2.17 bits per heavy atom. The monoisotopic (exact) mass is 402 g/mol. The summed E-state index contributed by atoms with van der Waals surface area (Å²) in [6.07, 6.45) is 0.879. The van der Waals surface area contributed by atoms with E-state index in [1.165, 1.54) is 7.11 Å². The first-order valence-corrected chi connectivity index (χ1v) is 9.49. The van der Waals surface area contributed by atoms with Crippen LogP contribution in [0.1, 0.15) is 29.6 Å². The molecule has 1 aliphatic rings. The summed E-state index contributed by atoms with van der Waals surface area (Å²) < 4.78 is 15.5. The molecule has 0 spiro atoms. The van der Waals surface area contributed by atoms with Gasteiger partial charge in [-0.3, -0.25) is 9.59 Å². The van der Waals surface area contributed by atoms with E-state index in [1.807, 2.05) is 24.3 Å². The molecule has 0 radical (unpaired) electrons. The molecule has 1 aromatic heterocycles. The molecule has 2 heterocycles. The molecule has 1 N–H and O–H groups in total. The minimum atomic E-state index is -0.333. The first-order chi connectivity index (χ1) is 14.0. The third kappa shape index (κ3) is 5.32.